The number of hydrogen-bond donors (Lipinski definition) is 0. The van der Waals surface area contributed by atoms with Crippen LogP contribution in [-0.2, 0) is 9.53 Å². The fourth-order valence-corrected chi connectivity index (χ4v) is 1.10. The van der Waals surface area contributed by atoms with Crippen molar-refractivity contribution in [3.63, 3.8) is 0 Å². The summed E-state index contributed by atoms with van der Waals surface area (Å²) in [5.41, 5.74) is 0. The molecule has 0 aliphatic rings. The summed E-state index contributed by atoms with van der Waals surface area (Å²) in [5.74, 6) is -0.841. The fraction of sp³-hybridized carbons (Fsp3) is 0.889. The summed E-state index contributed by atoms with van der Waals surface area (Å²) in [6.07, 6.45) is 0. The standard InChI is InChI=1S/C9H16Cl2O2/c1-5-13-8(12)7(4)9(10,11)6(2)3/h6-7H,5H2,1-4H3. The minimum atomic E-state index is -1.05. The van der Waals surface area contributed by atoms with E-state index in [-0.39, 0.29) is 11.9 Å². The van der Waals surface area contributed by atoms with Crippen LogP contribution in [0.3, 0.4) is 0 Å². The van der Waals surface area contributed by atoms with Crippen LogP contribution in [0, 0.1) is 11.8 Å². The fourth-order valence-electron chi connectivity index (χ4n) is 0.924. The van der Waals surface area contributed by atoms with Crippen molar-refractivity contribution in [3.05, 3.63) is 0 Å². The van der Waals surface area contributed by atoms with Gasteiger partial charge < -0.3 is 4.74 Å². The molecular formula is C9H16Cl2O2. The first kappa shape index (κ1) is 13.1. The van der Waals surface area contributed by atoms with Gasteiger partial charge >= 0.3 is 5.97 Å². The molecule has 0 radical (unpaired) electrons. The summed E-state index contributed by atoms with van der Waals surface area (Å²) in [4.78, 5) is 11.3. The monoisotopic (exact) mass is 226 g/mol. The molecule has 2 nitrogen and oxygen atoms in total. The lowest BCUT2D eigenvalue weighted by atomic mass is 9.97. The third kappa shape index (κ3) is 3.35. The van der Waals surface area contributed by atoms with Gasteiger partial charge in [0.05, 0.1) is 12.5 Å². The predicted molar refractivity (Wildman–Crippen MR) is 55.1 cm³/mol. The van der Waals surface area contributed by atoms with Crippen LogP contribution in [0.4, 0.5) is 0 Å². The van der Waals surface area contributed by atoms with Gasteiger partial charge in [-0.15, -0.1) is 23.2 Å². The quantitative estimate of drug-likeness (QED) is 0.545. The van der Waals surface area contributed by atoms with Crippen molar-refractivity contribution < 1.29 is 9.53 Å². The highest BCUT2D eigenvalue weighted by atomic mass is 35.5. The van der Waals surface area contributed by atoms with Crippen molar-refractivity contribution in [2.75, 3.05) is 6.61 Å². The number of carbonyl (C=O) groups is 1. The van der Waals surface area contributed by atoms with E-state index in [1.54, 1.807) is 13.8 Å². The zero-order valence-corrected chi connectivity index (χ0v) is 9.95. The Morgan fingerprint density at radius 2 is 1.85 bits per heavy atom. The lowest BCUT2D eigenvalue weighted by Crippen LogP contribution is -2.36. The van der Waals surface area contributed by atoms with Crippen LogP contribution in [0.25, 0.3) is 0 Å². The Morgan fingerprint density at radius 1 is 1.38 bits per heavy atom. The molecular weight excluding hydrogens is 211 g/mol. The highest BCUT2D eigenvalue weighted by Crippen LogP contribution is 2.38. The maximum Gasteiger partial charge on any atom is 0.311 e. The second-order valence-corrected chi connectivity index (χ2v) is 4.75. The summed E-state index contributed by atoms with van der Waals surface area (Å²) in [5, 5.41) is 0. The highest BCUT2D eigenvalue weighted by molar-refractivity contribution is 6.49. The van der Waals surface area contributed by atoms with E-state index in [1.807, 2.05) is 13.8 Å². The van der Waals surface area contributed by atoms with Crippen LogP contribution in [0.1, 0.15) is 27.7 Å². The number of alkyl halides is 2. The van der Waals surface area contributed by atoms with E-state index in [0.717, 1.165) is 0 Å². The van der Waals surface area contributed by atoms with Gasteiger partial charge in [-0.2, -0.15) is 0 Å². The Hall–Kier alpha value is 0.0500. The van der Waals surface area contributed by atoms with E-state index in [9.17, 15) is 4.79 Å². The van der Waals surface area contributed by atoms with Crippen molar-refractivity contribution in [1.82, 2.24) is 0 Å². The minimum Gasteiger partial charge on any atom is -0.466 e. The molecule has 0 spiro atoms. The van der Waals surface area contributed by atoms with E-state index >= 15 is 0 Å². The number of halogens is 2. The number of rotatable bonds is 4. The summed E-state index contributed by atoms with van der Waals surface area (Å²) < 4.78 is 3.78. The summed E-state index contributed by atoms with van der Waals surface area (Å²) in [6, 6.07) is 0. The largest absolute Gasteiger partial charge is 0.466 e. The number of esters is 1. The Bertz CT molecular complexity index is 178. The average Bonchev–Trinajstić information content (AvgIpc) is 2.03. The van der Waals surface area contributed by atoms with Crippen LogP contribution in [0.15, 0.2) is 0 Å². The molecule has 0 amide bonds. The molecule has 0 fully saturated rings. The average molecular weight is 227 g/mol. The zero-order chi connectivity index (χ0) is 10.6. The SMILES string of the molecule is CCOC(=O)C(C)C(Cl)(Cl)C(C)C. The molecule has 4 heteroatoms. The zero-order valence-electron chi connectivity index (χ0n) is 8.43. The topological polar surface area (TPSA) is 26.3 Å². The lowest BCUT2D eigenvalue weighted by Gasteiger charge is -2.28. The van der Waals surface area contributed by atoms with Crippen molar-refractivity contribution in [3.8, 4) is 0 Å². The molecule has 0 aromatic carbocycles. The van der Waals surface area contributed by atoms with Gasteiger partial charge in [0.2, 0.25) is 0 Å². The smallest absolute Gasteiger partial charge is 0.311 e. The lowest BCUT2D eigenvalue weighted by molar-refractivity contribution is -0.148. The van der Waals surface area contributed by atoms with Gasteiger partial charge in [0.1, 0.15) is 4.33 Å². The van der Waals surface area contributed by atoms with E-state index < -0.39 is 10.3 Å². The Morgan fingerprint density at radius 3 is 2.15 bits per heavy atom. The summed E-state index contributed by atoms with van der Waals surface area (Å²) in [6.45, 7) is 7.53. The van der Waals surface area contributed by atoms with E-state index in [2.05, 4.69) is 0 Å². The van der Waals surface area contributed by atoms with Gasteiger partial charge in [-0.25, -0.2) is 0 Å². The first-order chi connectivity index (χ1) is 5.84. The van der Waals surface area contributed by atoms with Crippen molar-refractivity contribution in [1.29, 1.82) is 0 Å². The molecule has 0 heterocycles. The minimum absolute atomic E-state index is 0.00948. The van der Waals surface area contributed by atoms with Crippen molar-refractivity contribution in [2.45, 2.75) is 32.0 Å². The highest BCUT2D eigenvalue weighted by Gasteiger charge is 2.40. The van der Waals surface area contributed by atoms with Crippen LogP contribution in [0.5, 0.6) is 0 Å². The van der Waals surface area contributed by atoms with Gasteiger partial charge in [-0.05, 0) is 19.8 Å². The number of ether oxygens (including phenoxy) is 1. The molecule has 0 bridgehead atoms. The Balaban J connectivity index is 4.39. The number of hydrogen-bond acceptors (Lipinski definition) is 2. The van der Waals surface area contributed by atoms with Gasteiger partial charge in [-0.1, -0.05) is 13.8 Å². The van der Waals surface area contributed by atoms with Crippen LogP contribution in [-0.4, -0.2) is 16.9 Å². The number of carbonyl (C=O) groups excluding carboxylic acids is 1. The second kappa shape index (κ2) is 5.06. The van der Waals surface area contributed by atoms with E-state index in [0.29, 0.717) is 6.61 Å². The van der Waals surface area contributed by atoms with Crippen LogP contribution < -0.4 is 0 Å². The van der Waals surface area contributed by atoms with Crippen LogP contribution in [0.2, 0.25) is 0 Å². The summed E-state index contributed by atoms with van der Waals surface area (Å²) in [7, 11) is 0. The van der Waals surface area contributed by atoms with Crippen molar-refractivity contribution in [2.24, 2.45) is 11.8 Å². The third-order valence-corrected chi connectivity index (χ3v) is 3.51. The molecule has 78 valence electrons. The first-order valence-corrected chi connectivity index (χ1v) is 5.14. The van der Waals surface area contributed by atoms with E-state index in [4.69, 9.17) is 27.9 Å². The first-order valence-electron chi connectivity index (χ1n) is 4.38. The maximum absolute atomic E-state index is 11.3. The van der Waals surface area contributed by atoms with Gasteiger partial charge in [0, 0.05) is 0 Å². The molecule has 1 unspecified atom stereocenters. The molecule has 0 saturated heterocycles. The third-order valence-electron chi connectivity index (χ3n) is 1.99. The van der Waals surface area contributed by atoms with Crippen molar-refractivity contribution >= 4 is 29.2 Å². The molecule has 0 aromatic heterocycles. The van der Waals surface area contributed by atoms with Gasteiger partial charge in [-0.3, -0.25) is 4.79 Å². The normalized spacial score (nSPS) is 14.4. The maximum atomic E-state index is 11.3. The van der Waals surface area contributed by atoms with Crippen LogP contribution >= 0.6 is 23.2 Å². The summed E-state index contributed by atoms with van der Waals surface area (Å²) >= 11 is 12.0. The molecule has 0 rings (SSSR count). The Labute approximate surface area is 89.5 Å². The molecule has 13 heavy (non-hydrogen) atoms. The Kier molecular flexibility index (Phi) is 5.08. The van der Waals surface area contributed by atoms with Gasteiger partial charge in [0.15, 0.2) is 0 Å². The molecule has 0 aliphatic carbocycles. The predicted octanol–water partition coefficient (Wildman–Crippen LogP) is 3.02. The molecule has 0 aliphatic heterocycles. The molecule has 0 N–H and O–H groups in total. The van der Waals surface area contributed by atoms with Gasteiger partial charge in [0.25, 0.3) is 0 Å². The second-order valence-electron chi connectivity index (χ2n) is 3.30. The van der Waals surface area contributed by atoms with E-state index in [1.165, 1.54) is 0 Å². The molecule has 1 atom stereocenters. The molecule has 0 saturated carbocycles. The molecule has 0 aromatic rings.